The van der Waals surface area contributed by atoms with E-state index in [0.29, 0.717) is 23.1 Å². The van der Waals surface area contributed by atoms with Crippen molar-refractivity contribution in [3.63, 3.8) is 0 Å². The first-order chi connectivity index (χ1) is 13.5. The van der Waals surface area contributed by atoms with Crippen molar-refractivity contribution in [1.29, 1.82) is 0 Å². The third kappa shape index (κ3) is 3.96. The van der Waals surface area contributed by atoms with E-state index in [1.165, 1.54) is 26.7 Å². The van der Waals surface area contributed by atoms with Crippen LogP contribution in [0.15, 0.2) is 48.5 Å². The minimum atomic E-state index is -0.504. The van der Waals surface area contributed by atoms with Gasteiger partial charge in [-0.1, -0.05) is 30.3 Å². The van der Waals surface area contributed by atoms with Gasteiger partial charge < -0.3 is 24.1 Å². The monoisotopic (exact) mass is 382 g/mol. The summed E-state index contributed by atoms with van der Waals surface area (Å²) in [6.45, 7) is 1.78. The predicted molar refractivity (Wildman–Crippen MR) is 106 cm³/mol. The van der Waals surface area contributed by atoms with E-state index in [1.54, 1.807) is 18.2 Å². The molecule has 28 heavy (non-hydrogen) atoms. The minimum Gasteiger partial charge on any atom is -0.504 e. The summed E-state index contributed by atoms with van der Waals surface area (Å²) in [6, 6.07) is 15.2. The molecule has 3 rings (SSSR count). The average Bonchev–Trinajstić information content (AvgIpc) is 2.70. The van der Waals surface area contributed by atoms with Gasteiger partial charge in [0.2, 0.25) is 11.5 Å². The maximum atomic E-state index is 11.5. The van der Waals surface area contributed by atoms with Crippen LogP contribution in [0.3, 0.4) is 0 Å². The molecule has 0 bridgehead atoms. The van der Waals surface area contributed by atoms with Gasteiger partial charge in [-0.2, -0.15) is 0 Å². The molecule has 0 unspecified atom stereocenters. The van der Waals surface area contributed by atoms with Crippen LogP contribution in [0.25, 0.3) is 10.8 Å². The number of rotatable bonds is 7. The molecule has 0 saturated carbocycles. The Morgan fingerprint density at radius 3 is 2.29 bits per heavy atom. The molecule has 0 radical (unpaired) electrons. The molecule has 0 fully saturated rings. The number of phenolic OH excluding ortho intramolecular Hbond substituents is 1. The van der Waals surface area contributed by atoms with E-state index < -0.39 is 5.97 Å². The minimum absolute atomic E-state index is 0.0904. The smallest absolute Gasteiger partial charge is 0.308 e. The van der Waals surface area contributed by atoms with E-state index in [2.05, 4.69) is 0 Å². The molecule has 0 atom stereocenters. The number of fused-ring (bicyclic) bond motifs is 1. The molecule has 0 spiro atoms. The number of ether oxygens (including phenoxy) is 4. The predicted octanol–water partition coefficient (Wildman–Crippen LogP) is 4.11. The van der Waals surface area contributed by atoms with Crippen molar-refractivity contribution in [2.75, 3.05) is 20.8 Å². The molecule has 0 saturated heterocycles. The van der Waals surface area contributed by atoms with Crippen molar-refractivity contribution in [1.82, 2.24) is 0 Å². The molecule has 6 heteroatoms. The van der Waals surface area contributed by atoms with Crippen molar-refractivity contribution in [3.05, 3.63) is 54.1 Å². The van der Waals surface area contributed by atoms with Crippen molar-refractivity contribution in [2.45, 2.75) is 13.3 Å². The van der Waals surface area contributed by atoms with Crippen molar-refractivity contribution in [3.8, 4) is 28.7 Å². The third-order valence-corrected chi connectivity index (χ3v) is 4.27. The van der Waals surface area contributed by atoms with Gasteiger partial charge in [0.25, 0.3) is 0 Å². The Labute approximate surface area is 163 Å². The Bertz CT molecular complexity index is 981. The highest BCUT2D eigenvalue weighted by Crippen LogP contribution is 2.51. The standard InChI is InChI=1S/C22H22O6/c1-14(23)28-20-17-10-9-16(27-12-11-15-7-5-4-6-8-15)13-18(17)19(24)21(25-2)22(20)26-3/h4-10,13,24H,11-12H2,1-3H3. The highest BCUT2D eigenvalue weighted by atomic mass is 16.6. The van der Waals surface area contributed by atoms with E-state index in [0.717, 1.165) is 6.42 Å². The fourth-order valence-corrected chi connectivity index (χ4v) is 3.01. The zero-order valence-electron chi connectivity index (χ0n) is 16.0. The summed E-state index contributed by atoms with van der Waals surface area (Å²) in [5.74, 6) is 0.401. The Morgan fingerprint density at radius 2 is 1.64 bits per heavy atom. The van der Waals surface area contributed by atoms with Crippen LogP contribution in [0.1, 0.15) is 12.5 Å². The van der Waals surface area contributed by atoms with Gasteiger partial charge >= 0.3 is 5.97 Å². The van der Waals surface area contributed by atoms with E-state index >= 15 is 0 Å². The summed E-state index contributed by atoms with van der Waals surface area (Å²) in [5, 5.41) is 11.6. The SMILES string of the molecule is COc1c(OC)c(OC(C)=O)c2ccc(OCCc3ccccc3)cc2c1O. The first kappa shape index (κ1) is 19.4. The Balaban J connectivity index is 1.96. The lowest BCUT2D eigenvalue weighted by Gasteiger charge is -2.17. The van der Waals surface area contributed by atoms with Crippen molar-refractivity contribution in [2.24, 2.45) is 0 Å². The number of esters is 1. The maximum absolute atomic E-state index is 11.5. The summed E-state index contributed by atoms with van der Waals surface area (Å²) >= 11 is 0. The number of aromatic hydroxyl groups is 1. The summed E-state index contributed by atoms with van der Waals surface area (Å²) in [5.41, 5.74) is 1.18. The van der Waals surface area contributed by atoms with Crippen LogP contribution in [0.4, 0.5) is 0 Å². The number of benzene rings is 3. The highest BCUT2D eigenvalue weighted by molar-refractivity contribution is 6.00. The van der Waals surface area contributed by atoms with Gasteiger partial charge in [-0.15, -0.1) is 0 Å². The van der Waals surface area contributed by atoms with Crippen LogP contribution < -0.4 is 18.9 Å². The second-order valence-corrected chi connectivity index (χ2v) is 6.13. The number of hydrogen-bond donors (Lipinski definition) is 1. The van der Waals surface area contributed by atoms with Gasteiger partial charge in [-0.05, 0) is 23.8 Å². The number of phenols is 1. The summed E-state index contributed by atoms with van der Waals surface area (Å²) in [4.78, 5) is 11.5. The van der Waals surface area contributed by atoms with Gasteiger partial charge in [0.1, 0.15) is 5.75 Å². The fourth-order valence-electron chi connectivity index (χ4n) is 3.01. The molecule has 0 amide bonds. The Hall–Kier alpha value is -3.41. The quantitative estimate of drug-likeness (QED) is 0.490. The lowest BCUT2D eigenvalue weighted by Crippen LogP contribution is -2.05. The van der Waals surface area contributed by atoms with Crippen molar-refractivity contribution >= 4 is 16.7 Å². The van der Waals surface area contributed by atoms with E-state index in [9.17, 15) is 9.90 Å². The zero-order valence-corrected chi connectivity index (χ0v) is 16.0. The second kappa shape index (κ2) is 8.52. The van der Waals surface area contributed by atoms with Gasteiger partial charge in [-0.3, -0.25) is 4.79 Å². The first-order valence-electron chi connectivity index (χ1n) is 8.81. The zero-order chi connectivity index (χ0) is 20.1. The molecule has 6 nitrogen and oxygen atoms in total. The van der Waals surface area contributed by atoms with Crippen LogP contribution >= 0.6 is 0 Å². The molecule has 0 aromatic heterocycles. The first-order valence-corrected chi connectivity index (χ1v) is 8.81. The van der Waals surface area contributed by atoms with Crippen LogP contribution in [0.5, 0.6) is 28.7 Å². The van der Waals surface area contributed by atoms with E-state index in [4.69, 9.17) is 18.9 Å². The third-order valence-electron chi connectivity index (χ3n) is 4.27. The molecular formula is C22H22O6. The van der Waals surface area contributed by atoms with Crippen LogP contribution in [0.2, 0.25) is 0 Å². The molecule has 146 valence electrons. The normalized spacial score (nSPS) is 10.5. The average molecular weight is 382 g/mol. The topological polar surface area (TPSA) is 74.2 Å². The van der Waals surface area contributed by atoms with Crippen molar-refractivity contribution < 1.29 is 28.8 Å². The molecule has 3 aromatic carbocycles. The molecule has 0 heterocycles. The highest BCUT2D eigenvalue weighted by Gasteiger charge is 2.23. The summed E-state index contributed by atoms with van der Waals surface area (Å²) in [6.07, 6.45) is 0.759. The fraction of sp³-hybridized carbons (Fsp3) is 0.227. The maximum Gasteiger partial charge on any atom is 0.308 e. The molecule has 0 aliphatic heterocycles. The lowest BCUT2D eigenvalue weighted by molar-refractivity contribution is -0.131. The van der Waals surface area contributed by atoms with E-state index in [1.807, 2.05) is 30.3 Å². The molecule has 0 aliphatic rings. The Kier molecular flexibility index (Phi) is 5.89. The van der Waals surface area contributed by atoms with Gasteiger partial charge in [0.15, 0.2) is 11.5 Å². The summed E-state index contributed by atoms with van der Waals surface area (Å²) < 4.78 is 21.7. The molecule has 1 N–H and O–H groups in total. The van der Waals surface area contributed by atoms with Gasteiger partial charge in [-0.25, -0.2) is 0 Å². The number of carbonyl (C=O) groups excluding carboxylic acids is 1. The lowest BCUT2D eigenvalue weighted by atomic mass is 10.1. The molecule has 3 aromatic rings. The molecule has 0 aliphatic carbocycles. The summed E-state index contributed by atoms with van der Waals surface area (Å²) in [7, 11) is 2.82. The van der Waals surface area contributed by atoms with Gasteiger partial charge in [0.05, 0.1) is 20.8 Å². The number of methoxy groups -OCH3 is 2. The largest absolute Gasteiger partial charge is 0.504 e. The number of hydrogen-bond acceptors (Lipinski definition) is 6. The van der Waals surface area contributed by atoms with Crippen LogP contribution in [0, 0.1) is 0 Å². The second-order valence-electron chi connectivity index (χ2n) is 6.13. The Morgan fingerprint density at radius 1 is 0.929 bits per heavy atom. The van der Waals surface area contributed by atoms with Crippen LogP contribution in [-0.4, -0.2) is 31.9 Å². The molecular weight excluding hydrogens is 360 g/mol. The number of carbonyl (C=O) groups is 1. The van der Waals surface area contributed by atoms with Crippen LogP contribution in [-0.2, 0) is 11.2 Å². The van der Waals surface area contributed by atoms with Gasteiger partial charge in [0, 0.05) is 24.1 Å². The van der Waals surface area contributed by atoms with E-state index in [-0.39, 0.29) is 23.0 Å².